The van der Waals surface area contributed by atoms with E-state index in [1.54, 1.807) is 13.0 Å². The molecule has 3 rings (SSSR count). The van der Waals surface area contributed by atoms with Crippen LogP contribution < -0.4 is 10.9 Å². The third kappa shape index (κ3) is 5.10. The van der Waals surface area contributed by atoms with E-state index in [0.29, 0.717) is 30.8 Å². The maximum atomic E-state index is 12.3. The van der Waals surface area contributed by atoms with Gasteiger partial charge in [-0.25, -0.2) is 9.48 Å². The summed E-state index contributed by atoms with van der Waals surface area (Å²) in [6.07, 6.45) is 3.87. The van der Waals surface area contributed by atoms with Gasteiger partial charge in [-0.15, -0.1) is 5.10 Å². The first-order valence-electron chi connectivity index (χ1n) is 8.80. The lowest BCUT2D eigenvalue weighted by Gasteiger charge is -2.08. The lowest BCUT2D eigenvalue weighted by molar-refractivity contribution is 0.0946. The molecule has 0 saturated heterocycles. The highest BCUT2D eigenvalue weighted by molar-refractivity contribution is 5.95. The second-order valence-electron chi connectivity index (χ2n) is 6.23. The van der Waals surface area contributed by atoms with Gasteiger partial charge in [-0.1, -0.05) is 30.3 Å². The summed E-state index contributed by atoms with van der Waals surface area (Å²) in [4.78, 5) is 24.6. The molecule has 1 N–H and O–H groups in total. The number of hydrogen-bond donors (Lipinski definition) is 1. The number of rotatable bonds is 8. The summed E-state index contributed by atoms with van der Waals surface area (Å²) in [5.74, 6) is 0.142. The summed E-state index contributed by atoms with van der Waals surface area (Å²) in [6, 6.07) is 11.9. The maximum Gasteiger partial charge on any atom is 0.349 e. The number of benzene rings is 1. The van der Waals surface area contributed by atoms with Crippen LogP contribution in [0.15, 0.2) is 51.9 Å². The molecular weight excluding hydrogens is 346 g/mol. The molecule has 1 amide bonds. The van der Waals surface area contributed by atoms with Crippen molar-refractivity contribution in [3.63, 3.8) is 0 Å². The lowest BCUT2D eigenvalue weighted by Crippen LogP contribution is -2.32. The van der Waals surface area contributed by atoms with Gasteiger partial charge in [-0.05, 0) is 47.4 Å². The van der Waals surface area contributed by atoms with Crippen LogP contribution >= 0.6 is 0 Å². The second-order valence-corrected chi connectivity index (χ2v) is 6.23. The molecule has 0 radical (unpaired) electrons. The fourth-order valence-electron chi connectivity index (χ4n) is 2.84. The van der Waals surface area contributed by atoms with Crippen molar-refractivity contribution in [2.45, 2.75) is 32.7 Å². The van der Waals surface area contributed by atoms with Gasteiger partial charge in [0.1, 0.15) is 17.7 Å². The number of hydrogen-bond acceptors (Lipinski definition) is 6. The minimum Gasteiger partial charge on any atom is -0.427 e. The normalized spacial score (nSPS) is 10.7. The van der Waals surface area contributed by atoms with Gasteiger partial charge >= 0.3 is 5.63 Å². The monoisotopic (exact) mass is 367 g/mol. The van der Waals surface area contributed by atoms with Crippen LogP contribution in [0.25, 0.3) is 0 Å². The minimum atomic E-state index is -0.607. The average Bonchev–Trinajstić information content (AvgIpc) is 3.15. The van der Waals surface area contributed by atoms with Crippen LogP contribution in [0.2, 0.25) is 0 Å². The van der Waals surface area contributed by atoms with Crippen molar-refractivity contribution >= 4 is 5.91 Å². The minimum absolute atomic E-state index is 0.0403. The maximum absolute atomic E-state index is 12.3. The van der Waals surface area contributed by atoms with Gasteiger partial charge in [0.2, 0.25) is 0 Å². The topological polar surface area (TPSA) is 103 Å². The van der Waals surface area contributed by atoms with Crippen LogP contribution in [0.1, 0.15) is 33.7 Å². The second kappa shape index (κ2) is 8.88. The number of nitrogens with one attached hydrogen (secondary N) is 1. The van der Waals surface area contributed by atoms with Crippen LogP contribution in [0.5, 0.6) is 0 Å². The van der Waals surface area contributed by atoms with Crippen molar-refractivity contribution in [2.24, 2.45) is 0 Å². The van der Waals surface area contributed by atoms with E-state index in [1.165, 1.54) is 16.6 Å². The molecule has 140 valence electrons. The molecule has 0 aliphatic carbocycles. The molecule has 0 fully saturated rings. The van der Waals surface area contributed by atoms with E-state index >= 15 is 0 Å². The first kappa shape index (κ1) is 18.5. The van der Waals surface area contributed by atoms with E-state index in [4.69, 9.17) is 4.42 Å². The average molecular weight is 367 g/mol. The summed E-state index contributed by atoms with van der Waals surface area (Å²) in [5, 5.41) is 13.4. The Kier molecular flexibility index (Phi) is 6.09. The summed E-state index contributed by atoms with van der Waals surface area (Å²) in [6.45, 7) is 2.47. The van der Waals surface area contributed by atoms with Crippen LogP contribution in [-0.4, -0.2) is 32.7 Å². The molecule has 0 aliphatic rings. The van der Waals surface area contributed by atoms with E-state index in [1.807, 2.05) is 18.2 Å². The van der Waals surface area contributed by atoms with Crippen molar-refractivity contribution in [1.82, 2.24) is 25.5 Å². The summed E-state index contributed by atoms with van der Waals surface area (Å²) < 4.78 is 6.84. The van der Waals surface area contributed by atoms with E-state index in [-0.39, 0.29) is 5.56 Å². The van der Waals surface area contributed by atoms with Crippen LogP contribution in [0.3, 0.4) is 0 Å². The number of carbonyl (C=O) groups is 1. The first-order chi connectivity index (χ1) is 13.1. The van der Waals surface area contributed by atoms with Crippen molar-refractivity contribution < 1.29 is 9.21 Å². The Bertz CT molecular complexity index is 936. The van der Waals surface area contributed by atoms with Gasteiger partial charge < -0.3 is 9.73 Å². The summed E-state index contributed by atoms with van der Waals surface area (Å²) in [7, 11) is 0. The zero-order valence-electron chi connectivity index (χ0n) is 15.1. The molecule has 8 nitrogen and oxygen atoms in total. The van der Waals surface area contributed by atoms with Gasteiger partial charge in [-0.2, -0.15) is 0 Å². The Hall–Kier alpha value is -3.29. The van der Waals surface area contributed by atoms with Gasteiger partial charge in [0.25, 0.3) is 5.91 Å². The molecule has 0 spiro atoms. The predicted molar refractivity (Wildman–Crippen MR) is 98.3 cm³/mol. The van der Waals surface area contributed by atoms with Crippen molar-refractivity contribution in [3.05, 3.63) is 75.6 Å². The highest BCUT2D eigenvalue weighted by Crippen LogP contribution is 2.11. The fraction of sp³-hybridized carbons (Fsp3) is 0.316. The molecule has 2 heterocycles. The highest BCUT2D eigenvalue weighted by atomic mass is 16.4. The van der Waals surface area contributed by atoms with Crippen LogP contribution in [0, 0.1) is 6.92 Å². The standard InChI is InChI=1S/C19H21N5O3/c1-14-12-16(9-5-8-15-6-3-2-4-7-15)27-19(26)17(14)18(25)20-10-11-24-13-21-22-23-24/h2-4,6-7,12-13H,5,8-11H2,1H3,(H,20,25). The molecule has 0 unspecified atom stereocenters. The van der Waals surface area contributed by atoms with Crippen LogP contribution in [0.4, 0.5) is 0 Å². The smallest absolute Gasteiger partial charge is 0.349 e. The van der Waals surface area contributed by atoms with Crippen LogP contribution in [-0.2, 0) is 19.4 Å². The molecule has 0 bridgehead atoms. The number of aryl methyl sites for hydroxylation is 3. The summed E-state index contributed by atoms with van der Waals surface area (Å²) in [5.41, 5.74) is 1.29. The molecule has 0 atom stereocenters. The third-order valence-corrected chi connectivity index (χ3v) is 4.18. The predicted octanol–water partition coefficient (Wildman–Crippen LogP) is 1.54. The number of nitrogens with zero attached hydrogens (tertiary/aromatic N) is 4. The van der Waals surface area contributed by atoms with Crippen molar-refractivity contribution in [3.8, 4) is 0 Å². The van der Waals surface area contributed by atoms with Gasteiger partial charge in [0.15, 0.2) is 0 Å². The van der Waals surface area contributed by atoms with Gasteiger partial charge in [-0.3, -0.25) is 4.79 Å². The number of carbonyl (C=O) groups excluding carboxylic acids is 1. The van der Waals surface area contributed by atoms with Gasteiger partial charge in [0, 0.05) is 13.0 Å². The quantitative estimate of drug-likeness (QED) is 0.648. The Morgan fingerprint density at radius 2 is 2.04 bits per heavy atom. The number of amides is 1. The molecule has 3 aromatic rings. The summed E-state index contributed by atoms with van der Waals surface area (Å²) >= 11 is 0. The van der Waals surface area contributed by atoms with E-state index in [0.717, 1.165) is 12.8 Å². The largest absolute Gasteiger partial charge is 0.427 e. The fourth-order valence-corrected chi connectivity index (χ4v) is 2.84. The highest BCUT2D eigenvalue weighted by Gasteiger charge is 2.16. The number of tetrazole rings is 1. The van der Waals surface area contributed by atoms with E-state index in [9.17, 15) is 9.59 Å². The van der Waals surface area contributed by atoms with E-state index in [2.05, 4.69) is 33.0 Å². The van der Waals surface area contributed by atoms with Gasteiger partial charge in [0.05, 0.1) is 6.54 Å². The Labute approximate surface area is 156 Å². The zero-order valence-corrected chi connectivity index (χ0v) is 15.1. The third-order valence-electron chi connectivity index (χ3n) is 4.18. The molecule has 8 heteroatoms. The molecule has 1 aromatic carbocycles. The molecule has 2 aromatic heterocycles. The first-order valence-corrected chi connectivity index (χ1v) is 8.80. The molecular formula is C19H21N5O3. The Morgan fingerprint density at radius 3 is 2.74 bits per heavy atom. The zero-order chi connectivity index (χ0) is 19.1. The Morgan fingerprint density at radius 1 is 1.22 bits per heavy atom. The molecule has 0 aliphatic heterocycles. The molecule has 0 saturated carbocycles. The SMILES string of the molecule is Cc1cc(CCCc2ccccc2)oc(=O)c1C(=O)NCCn1cnnn1. The van der Waals surface area contributed by atoms with Crippen molar-refractivity contribution in [2.75, 3.05) is 6.54 Å². The lowest BCUT2D eigenvalue weighted by atomic mass is 10.1. The Balaban J connectivity index is 1.57. The molecule has 27 heavy (non-hydrogen) atoms. The number of aromatic nitrogens is 4. The van der Waals surface area contributed by atoms with E-state index < -0.39 is 11.5 Å². The van der Waals surface area contributed by atoms with Crippen molar-refractivity contribution in [1.29, 1.82) is 0 Å².